The normalized spacial score (nSPS) is 14.2. The van der Waals surface area contributed by atoms with Gasteiger partial charge in [0.15, 0.2) is 0 Å². The van der Waals surface area contributed by atoms with Gasteiger partial charge < -0.3 is 25.8 Å². The third-order valence-corrected chi connectivity index (χ3v) is 4.95. The fourth-order valence-electron chi connectivity index (χ4n) is 3.49. The Balaban J connectivity index is 1.85. The molecule has 0 aromatic heterocycles. The predicted molar refractivity (Wildman–Crippen MR) is 118 cm³/mol. The summed E-state index contributed by atoms with van der Waals surface area (Å²) >= 11 is 0. The number of carbonyl (C=O) groups excluding carboxylic acids is 3. The van der Waals surface area contributed by atoms with Crippen LogP contribution in [0.2, 0.25) is 0 Å². The topological polar surface area (TPSA) is 95.0 Å². The highest BCUT2D eigenvalue weighted by Gasteiger charge is 2.20. The minimum Gasteiger partial charge on any atom is -0.359 e. The van der Waals surface area contributed by atoms with Crippen molar-refractivity contribution in [3.8, 4) is 0 Å². The van der Waals surface area contributed by atoms with Crippen LogP contribution in [-0.2, 0) is 9.59 Å². The Labute approximate surface area is 176 Å². The summed E-state index contributed by atoms with van der Waals surface area (Å²) < 4.78 is 0. The highest BCUT2D eigenvalue weighted by molar-refractivity contribution is 6.08. The van der Waals surface area contributed by atoms with Crippen molar-refractivity contribution < 1.29 is 19.3 Å². The number of piperazine rings is 1. The molecule has 2 aromatic rings. The summed E-state index contributed by atoms with van der Waals surface area (Å²) in [6.45, 7) is 6.70. The molecule has 1 aliphatic rings. The molecule has 0 spiro atoms. The molecule has 0 bridgehead atoms. The third-order valence-electron chi connectivity index (χ3n) is 4.95. The molecule has 2 aromatic carbocycles. The standard InChI is InChI=1S/C22H27N5O3/c1-15(28)23-18-12-17(13-19(14-18)24-16(2)29)22(30)25-20-6-4-5-7-21(20)27-10-8-26(3)9-11-27/h4-7,12-14H,8-11H2,1-3H3,(H,23,28)(H,24,29)(H,25,30)/p+1. The van der Waals surface area contributed by atoms with Crippen LogP contribution in [0.3, 0.4) is 0 Å². The first-order valence-corrected chi connectivity index (χ1v) is 9.98. The van der Waals surface area contributed by atoms with Crippen molar-refractivity contribution in [2.45, 2.75) is 13.8 Å². The molecule has 0 unspecified atom stereocenters. The molecular weight excluding hydrogens is 382 g/mol. The Hall–Kier alpha value is -3.39. The van der Waals surface area contributed by atoms with Gasteiger partial charge in [-0.05, 0) is 30.3 Å². The molecule has 8 heteroatoms. The molecule has 0 aliphatic carbocycles. The minimum atomic E-state index is -0.319. The number of nitrogens with zero attached hydrogens (tertiary/aromatic N) is 1. The molecular formula is C22H28N5O3+. The van der Waals surface area contributed by atoms with E-state index < -0.39 is 0 Å². The summed E-state index contributed by atoms with van der Waals surface area (Å²) in [4.78, 5) is 39.7. The Kier molecular flexibility index (Phi) is 6.68. The zero-order chi connectivity index (χ0) is 21.7. The Bertz CT molecular complexity index is 917. The predicted octanol–water partition coefficient (Wildman–Crippen LogP) is 1.19. The second-order valence-corrected chi connectivity index (χ2v) is 7.58. The van der Waals surface area contributed by atoms with Crippen LogP contribution in [0.15, 0.2) is 42.5 Å². The van der Waals surface area contributed by atoms with Gasteiger partial charge in [0.2, 0.25) is 11.8 Å². The number of hydrogen-bond donors (Lipinski definition) is 4. The number of rotatable bonds is 5. The molecule has 0 atom stereocenters. The van der Waals surface area contributed by atoms with Crippen LogP contribution >= 0.6 is 0 Å². The van der Waals surface area contributed by atoms with E-state index in [1.54, 1.807) is 18.2 Å². The maximum Gasteiger partial charge on any atom is 0.255 e. The molecule has 1 saturated heterocycles. The van der Waals surface area contributed by atoms with E-state index in [-0.39, 0.29) is 17.7 Å². The van der Waals surface area contributed by atoms with Crippen LogP contribution in [0.4, 0.5) is 22.7 Å². The van der Waals surface area contributed by atoms with Gasteiger partial charge >= 0.3 is 0 Å². The Morgan fingerprint density at radius 2 is 1.43 bits per heavy atom. The number of nitrogens with one attached hydrogen (secondary N) is 4. The highest BCUT2D eigenvalue weighted by atomic mass is 16.2. The molecule has 158 valence electrons. The van der Waals surface area contributed by atoms with Crippen molar-refractivity contribution in [2.75, 3.05) is 54.1 Å². The Morgan fingerprint density at radius 1 is 0.867 bits per heavy atom. The van der Waals surface area contributed by atoms with Gasteiger partial charge in [-0.15, -0.1) is 0 Å². The number of likely N-dealkylation sites (N-methyl/N-ethyl adjacent to an activating group) is 1. The highest BCUT2D eigenvalue weighted by Crippen LogP contribution is 2.27. The molecule has 0 radical (unpaired) electrons. The molecule has 1 heterocycles. The van der Waals surface area contributed by atoms with Gasteiger partial charge in [0.25, 0.3) is 5.91 Å². The number of quaternary nitrogens is 1. The minimum absolute atomic E-state index is 0.260. The van der Waals surface area contributed by atoms with Crippen LogP contribution in [0.5, 0.6) is 0 Å². The maximum absolute atomic E-state index is 13.0. The van der Waals surface area contributed by atoms with E-state index in [4.69, 9.17) is 0 Å². The van der Waals surface area contributed by atoms with Gasteiger partial charge in [0.05, 0.1) is 44.6 Å². The Morgan fingerprint density at radius 3 is 2.00 bits per heavy atom. The quantitative estimate of drug-likeness (QED) is 0.596. The SMILES string of the molecule is CC(=O)Nc1cc(NC(C)=O)cc(C(=O)Nc2ccccc2N2CC[NH+](C)CC2)c1. The fraction of sp³-hybridized carbons (Fsp3) is 0.318. The van der Waals surface area contributed by atoms with E-state index in [0.29, 0.717) is 16.9 Å². The number of anilines is 4. The van der Waals surface area contributed by atoms with Gasteiger partial charge in [0, 0.05) is 30.8 Å². The summed E-state index contributed by atoms with van der Waals surface area (Å²) in [5.41, 5.74) is 2.93. The maximum atomic E-state index is 13.0. The van der Waals surface area contributed by atoms with E-state index in [1.807, 2.05) is 24.3 Å². The fourth-order valence-corrected chi connectivity index (χ4v) is 3.49. The zero-order valence-corrected chi connectivity index (χ0v) is 17.5. The second-order valence-electron chi connectivity index (χ2n) is 7.58. The molecule has 8 nitrogen and oxygen atoms in total. The molecule has 1 aliphatic heterocycles. The summed E-state index contributed by atoms with van der Waals surface area (Å²) in [7, 11) is 2.18. The molecule has 3 amide bonds. The molecule has 0 saturated carbocycles. The average molecular weight is 410 g/mol. The van der Waals surface area contributed by atoms with Crippen molar-refractivity contribution in [1.82, 2.24) is 0 Å². The van der Waals surface area contributed by atoms with Crippen LogP contribution in [0, 0.1) is 0 Å². The molecule has 3 rings (SSSR count). The number of amides is 3. The van der Waals surface area contributed by atoms with Crippen molar-refractivity contribution in [1.29, 1.82) is 0 Å². The lowest BCUT2D eigenvalue weighted by Crippen LogP contribution is -3.12. The smallest absolute Gasteiger partial charge is 0.255 e. The van der Waals surface area contributed by atoms with Crippen molar-refractivity contribution in [2.24, 2.45) is 0 Å². The zero-order valence-electron chi connectivity index (χ0n) is 17.5. The number of hydrogen-bond acceptors (Lipinski definition) is 4. The van der Waals surface area contributed by atoms with Gasteiger partial charge in [-0.25, -0.2) is 0 Å². The lowest BCUT2D eigenvalue weighted by Gasteiger charge is -2.33. The summed E-state index contributed by atoms with van der Waals surface area (Å²) in [5.74, 6) is -0.839. The number of benzene rings is 2. The van der Waals surface area contributed by atoms with Crippen molar-refractivity contribution >= 4 is 40.5 Å². The molecule has 4 N–H and O–H groups in total. The van der Waals surface area contributed by atoms with Crippen LogP contribution in [-0.4, -0.2) is 50.9 Å². The first-order chi connectivity index (χ1) is 14.3. The summed E-state index contributed by atoms with van der Waals surface area (Å²) in [6.07, 6.45) is 0. The lowest BCUT2D eigenvalue weighted by atomic mass is 10.1. The van der Waals surface area contributed by atoms with Crippen LogP contribution < -0.4 is 25.8 Å². The monoisotopic (exact) mass is 410 g/mol. The van der Waals surface area contributed by atoms with Gasteiger partial charge in [-0.2, -0.15) is 0 Å². The summed E-state index contributed by atoms with van der Waals surface area (Å²) in [5, 5.41) is 8.31. The second kappa shape index (κ2) is 9.41. The van der Waals surface area contributed by atoms with Gasteiger partial charge in [-0.1, -0.05) is 12.1 Å². The van der Waals surface area contributed by atoms with Gasteiger partial charge in [0.1, 0.15) is 0 Å². The third kappa shape index (κ3) is 5.57. The largest absolute Gasteiger partial charge is 0.359 e. The van der Waals surface area contributed by atoms with E-state index in [2.05, 4.69) is 27.9 Å². The first kappa shape index (κ1) is 21.3. The molecule has 30 heavy (non-hydrogen) atoms. The van der Waals surface area contributed by atoms with Crippen molar-refractivity contribution in [3.05, 3.63) is 48.0 Å². The number of carbonyl (C=O) groups is 3. The number of para-hydroxylation sites is 2. The van der Waals surface area contributed by atoms with Gasteiger partial charge in [-0.3, -0.25) is 14.4 Å². The average Bonchev–Trinajstić information content (AvgIpc) is 2.68. The first-order valence-electron chi connectivity index (χ1n) is 9.98. The van der Waals surface area contributed by atoms with Crippen LogP contribution in [0.25, 0.3) is 0 Å². The van der Waals surface area contributed by atoms with E-state index in [1.165, 1.54) is 18.7 Å². The van der Waals surface area contributed by atoms with Crippen molar-refractivity contribution in [3.63, 3.8) is 0 Å². The van der Waals surface area contributed by atoms with Crippen LogP contribution in [0.1, 0.15) is 24.2 Å². The summed E-state index contributed by atoms with van der Waals surface area (Å²) in [6, 6.07) is 12.5. The van der Waals surface area contributed by atoms with E-state index in [0.717, 1.165) is 37.6 Å². The molecule has 1 fully saturated rings. The lowest BCUT2D eigenvalue weighted by molar-refractivity contribution is -0.880. The van der Waals surface area contributed by atoms with E-state index in [9.17, 15) is 14.4 Å². The van der Waals surface area contributed by atoms with E-state index >= 15 is 0 Å².